The summed E-state index contributed by atoms with van der Waals surface area (Å²) in [5.41, 5.74) is 1.95. The molecule has 7 nitrogen and oxygen atoms in total. The molecule has 1 amide bonds. The maximum absolute atomic E-state index is 13.2. The first-order valence-corrected chi connectivity index (χ1v) is 9.98. The van der Waals surface area contributed by atoms with Crippen LogP contribution >= 0.6 is 11.3 Å². The lowest BCUT2D eigenvalue weighted by Crippen LogP contribution is -2.39. The minimum absolute atomic E-state index is 0.00207. The van der Waals surface area contributed by atoms with Gasteiger partial charge in [0.2, 0.25) is 0 Å². The number of thiophene rings is 1. The van der Waals surface area contributed by atoms with Crippen LogP contribution < -0.4 is 0 Å². The number of nitrogens with one attached hydrogen (secondary N) is 1. The van der Waals surface area contributed by atoms with Crippen molar-refractivity contribution in [1.29, 1.82) is 0 Å². The van der Waals surface area contributed by atoms with Crippen LogP contribution in [0, 0.1) is 6.92 Å². The molecule has 1 N–H and O–H groups in total. The van der Waals surface area contributed by atoms with Crippen LogP contribution in [0.3, 0.4) is 0 Å². The minimum atomic E-state index is -0.184. The van der Waals surface area contributed by atoms with E-state index >= 15 is 0 Å². The maximum Gasteiger partial charge on any atom is 0.254 e. The van der Waals surface area contributed by atoms with Gasteiger partial charge < -0.3 is 4.90 Å². The van der Waals surface area contributed by atoms with E-state index in [9.17, 15) is 4.79 Å². The predicted molar refractivity (Wildman–Crippen MR) is 103 cm³/mol. The number of amides is 1. The van der Waals surface area contributed by atoms with Crippen LogP contribution in [0.5, 0.6) is 0 Å². The Kier molecular flexibility index (Phi) is 5.26. The Morgan fingerprint density at radius 3 is 2.85 bits per heavy atom. The average molecular weight is 382 g/mol. The normalized spacial score (nSPS) is 18.4. The van der Waals surface area contributed by atoms with Gasteiger partial charge in [0.25, 0.3) is 5.91 Å². The molecule has 8 heteroatoms. The van der Waals surface area contributed by atoms with Crippen LogP contribution in [-0.2, 0) is 6.54 Å². The molecule has 0 aromatic carbocycles. The summed E-state index contributed by atoms with van der Waals surface area (Å²) >= 11 is 1.71. The number of hydrogen-bond acceptors (Lipinski definition) is 6. The molecule has 0 saturated carbocycles. The van der Waals surface area contributed by atoms with E-state index in [0.717, 1.165) is 25.3 Å². The molecule has 1 unspecified atom stereocenters. The molecule has 0 aliphatic carbocycles. The number of H-pyrrole nitrogens is 1. The summed E-state index contributed by atoms with van der Waals surface area (Å²) in [4.78, 5) is 26.0. The molecule has 4 rings (SSSR count). The Balaban J connectivity index is 1.62. The molecule has 1 fully saturated rings. The SMILES string of the molecule is Cc1nc(C2CN(Cc3ccsc3)CCCN2C(=O)c2ccncc2)n[nH]1. The quantitative estimate of drug-likeness (QED) is 0.751. The highest BCUT2D eigenvalue weighted by Crippen LogP contribution is 2.26. The van der Waals surface area contributed by atoms with Crippen molar-refractivity contribution >= 4 is 17.2 Å². The molecule has 1 atom stereocenters. The summed E-state index contributed by atoms with van der Waals surface area (Å²) in [6.45, 7) is 5.09. The third kappa shape index (κ3) is 4.06. The zero-order valence-electron chi connectivity index (χ0n) is 15.2. The number of aryl methyl sites for hydroxylation is 1. The van der Waals surface area contributed by atoms with Crippen LogP contribution in [0.15, 0.2) is 41.4 Å². The Morgan fingerprint density at radius 2 is 2.15 bits per heavy atom. The fourth-order valence-corrected chi connectivity index (χ4v) is 4.13. The number of aromatic nitrogens is 4. The summed E-state index contributed by atoms with van der Waals surface area (Å²) in [7, 11) is 0. The van der Waals surface area contributed by atoms with Crippen molar-refractivity contribution in [1.82, 2.24) is 30.0 Å². The van der Waals surface area contributed by atoms with Crippen LogP contribution in [-0.4, -0.2) is 55.5 Å². The Morgan fingerprint density at radius 1 is 1.30 bits per heavy atom. The van der Waals surface area contributed by atoms with Gasteiger partial charge in [-0.15, -0.1) is 0 Å². The monoisotopic (exact) mass is 382 g/mol. The van der Waals surface area contributed by atoms with Gasteiger partial charge in [-0.05, 0) is 47.9 Å². The Hall–Kier alpha value is -2.58. The van der Waals surface area contributed by atoms with Gasteiger partial charge >= 0.3 is 0 Å². The summed E-state index contributed by atoms with van der Waals surface area (Å²) in [6, 6.07) is 5.49. The maximum atomic E-state index is 13.2. The van der Waals surface area contributed by atoms with Gasteiger partial charge in [-0.2, -0.15) is 16.4 Å². The van der Waals surface area contributed by atoms with Crippen LogP contribution in [0.4, 0.5) is 0 Å². The van der Waals surface area contributed by atoms with Gasteiger partial charge in [0.05, 0.1) is 0 Å². The second-order valence-corrected chi connectivity index (χ2v) is 7.53. The van der Waals surface area contributed by atoms with E-state index in [-0.39, 0.29) is 11.9 Å². The van der Waals surface area contributed by atoms with Crippen molar-refractivity contribution < 1.29 is 4.79 Å². The van der Waals surface area contributed by atoms with Crippen molar-refractivity contribution in [3.8, 4) is 0 Å². The second-order valence-electron chi connectivity index (χ2n) is 6.75. The summed E-state index contributed by atoms with van der Waals surface area (Å²) in [6.07, 6.45) is 4.22. The highest BCUT2D eigenvalue weighted by atomic mass is 32.1. The van der Waals surface area contributed by atoms with Crippen molar-refractivity contribution in [2.45, 2.75) is 25.9 Å². The molecule has 3 aromatic heterocycles. The number of rotatable bonds is 4. The van der Waals surface area contributed by atoms with Crippen LogP contribution in [0.2, 0.25) is 0 Å². The number of nitrogens with zero attached hydrogens (tertiary/aromatic N) is 5. The molecule has 3 aromatic rings. The molecule has 140 valence electrons. The van der Waals surface area contributed by atoms with E-state index in [0.29, 0.717) is 24.5 Å². The van der Waals surface area contributed by atoms with Crippen LogP contribution in [0.25, 0.3) is 0 Å². The standard InChI is InChI=1S/C19H22N6OS/c1-14-21-18(23-22-14)17-12-24(11-15-5-10-27-13-15)8-2-9-25(17)19(26)16-3-6-20-7-4-16/h3-7,10,13,17H,2,8-9,11-12H2,1H3,(H,21,22,23). The lowest BCUT2D eigenvalue weighted by Gasteiger charge is -2.30. The highest BCUT2D eigenvalue weighted by Gasteiger charge is 2.32. The summed E-state index contributed by atoms with van der Waals surface area (Å²) < 4.78 is 0. The topological polar surface area (TPSA) is 78.0 Å². The fraction of sp³-hybridized carbons (Fsp3) is 0.368. The number of carbonyl (C=O) groups is 1. The van der Waals surface area contributed by atoms with Gasteiger partial charge in [-0.25, -0.2) is 4.98 Å². The zero-order chi connectivity index (χ0) is 18.6. The van der Waals surface area contributed by atoms with Gasteiger partial charge in [-0.3, -0.25) is 19.8 Å². The van der Waals surface area contributed by atoms with E-state index < -0.39 is 0 Å². The highest BCUT2D eigenvalue weighted by molar-refractivity contribution is 7.07. The van der Waals surface area contributed by atoms with Gasteiger partial charge in [-0.1, -0.05) is 0 Å². The van der Waals surface area contributed by atoms with Crippen molar-refractivity contribution in [3.63, 3.8) is 0 Å². The Bertz CT molecular complexity index is 879. The second kappa shape index (κ2) is 7.98. The van der Waals surface area contributed by atoms with E-state index in [2.05, 4.69) is 41.9 Å². The third-order valence-corrected chi connectivity index (χ3v) is 5.50. The molecular weight excluding hydrogens is 360 g/mol. The van der Waals surface area contributed by atoms with E-state index in [1.165, 1.54) is 5.56 Å². The number of pyridine rings is 1. The van der Waals surface area contributed by atoms with Crippen molar-refractivity contribution in [2.75, 3.05) is 19.6 Å². The van der Waals surface area contributed by atoms with Gasteiger partial charge in [0.1, 0.15) is 11.9 Å². The fourth-order valence-electron chi connectivity index (χ4n) is 3.47. The van der Waals surface area contributed by atoms with E-state index in [1.807, 2.05) is 11.8 Å². The molecular formula is C19H22N6OS. The molecule has 4 heterocycles. The first-order valence-electron chi connectivity index (χ1n) is 9.04. The lowest BCUT2D eigenvalue weighted by atomic mass is 10.1. The number of hydrogen-bond donors (Lipinski definition) is 1. The predicted octanol–water partition coefficient (Wildman–Crippen LogP) is 2.66. The summed E-state index contributed by atoms with van der Waals surface area (Å²) in [5.74, 6) is 1.43. The van der Waals surface area contributed by atoms with Gasteiger partial charge in [0.15, 0.2) is 5.82 Å². The molecule has 1 aliphatic heterocycles. The van der Waals surface area contributed by atoms with Crippen LogP contribution in [0.1, 0.15) is 40.0 Å². The minimum Gasteiger partial charge on any atom is -0.327 e. The Labute approximate surface area is 162 Å². The van der Waals surface area contributed by atoms with Crippen molar-refractivity contribution in [3.05, 3.63) is 64.1 Å². The van der Waals surface area contributed by atoms with E-state index in [1.54, 1.807) is 35.9 Å². The molecule has 0 radical (unpaired) electrons. The number of aromatic amines is 1. The largest absolute Gasteiger partial charge is 0.327 e. The van der Waals surface area contributed by atoms with Crippen molar-refractivity contribution in [2.24, 2.45) is 0 Å². The molecule has 0 bridgehead atoms. The summed E-state index contributed by atoms with van der Waals surface area (Å²) in [5, 5.41) is 11.6. The number of carbonyl (C=O) groups excluding carboxylic acids is 1. The zero-order valence-corrected chi connectivity index (χ0v) is 16.0. The average Bonchev–Trinajstić information content (AvgIpc) is 3.30. The van der Waals surface area contributed by atoms with E-state index in [4.69, 9.17) is 0 Å². The molecule has 1 aliphatic rings. The molecule has 1 saturated heterocycles. The molecule has 27 heavy (non-hydrogen) atoms. The van der Waals surface area contributed by atoms with Gasteiger partial charge in [0, 0.05) is 44.1 Å². The lowest BCUT2D eigenvalue weighted by molar-refractivity contribution is 0.0663. The molecule has 0 spiro atoms. The first-order chi connectivity index (χ1) is 13.2. The third-order valence-electron chi connectivity index (χ3n) is 4.77. The first kappa shape index (κ1) is 17.8. The smallest absolute Gasteiger partial charge is 0.254 e.